The highest BCUT2D eigenvalue weighted by molar-refractivity contribution is 5.46. The van der Waals surface area contributed by atoms with Crippen molar-refractivity contribution in [3.63, 3.8) is 0 Å². The maximum absolute atomic E-state index is 8.83. The van der Waals surface area contributed by atoms with Gasteiger partial charge in [0.05, 0.1) is 13.7 Å². The number of hydrogen-bond donors (Lipinski definition) is 2. The van der Waals surface area contributed by atoms with Gasteiger partial charge in [-0.2, -0.15) is 0 Å². The van der Waals surface area contributed by atoms with Crippen molar-refractivity contribution in [2.24, 2.45) is 0 Å². The molecule has 0 unspecified atom stereocenters. The molecule has 0 saturated heterocycles. The minimum Gasteiger partial charge on any atom is -0.493 e. The molecule has 0 spiro atoms. The first-order chi connectivity index (χ1) is 8.98. The molecule has 19 heavy (non-hydrogen) atoms. The highest BCUT2D eigenvalue weighted by Crippen LogP contribution is 2.31. The molecule has 4 heteroatoms. The first kappa shape index (κ1) is 15.8. The van der Waals surface area contributed by atoms with Gasteiger partial charge in [-0.15, -0.1) is 0 Å². The van der Waals surface area contributed by atoms with Crippen molar-refractivity contribution in [1.82, 2.24) is 5.32 Å². The Balaban J connectivity index is 2.82. The summed E-state index contributed by atoms with van der Waals surface area (Å²) in [5, 5.41) is 12.3. The predicted octanol–water partition coefficient (Wildman–Crippen LogP) is 2.34. The van der Waals surface area contributed by atoms with Gasteiger partial charge in [0.1, 0.15) is 0 Å². The van der Waals surface area contributed by atoms with Crippen LogP contribution in [0.15, 0.2) is 18.2 Å². The number of rotatable bonds is 7. The zero-order chi connectivity index (χ0) is 14.3. The van der Waals surface area contributed by atoms with E-state index in [-0.39, 0.29) is 12.1 Å². The number of ether oxygens (including phenoxy) is 2. The van der Waals surface area contributed by atoms with Gasteiger partial charge in [0.15, 0.2) is 11.5 Å². The van der Waals surface area contributed by atoms with E-state index in [4.69, 9.17) is 14.6 Å². The molecule has 0 aliphatic carbocycles. The lowest BCUT2D eigenvalue weighted by atomic mass is 10.1. The van der Waals surface area contributed by atoms with E-state index in [1.165, 1.54) is 0 Å². The molecule has 0 radical (unpaired) electrons. The third kappa shape index (κ3) is 5.49. The summed E-state index contributed by atoms with van der Waals surface area (Å²) >= 11 is 0. The van der Waals surface area contributed by atoms with Gasteiger partial charge in [-0.1, -0.05) is 12.1 Å². The Bertz CT molecular complexity index is 385. The second-order valence-corrected chi connectivity index (χ2v) is 5.48. The van der Waals surface area contributed by atoms with E-state index in [1.807, 2.05) is 18.2 Å². The Labute approximate surface area is 115 Å². The third-order valence-electron chi connectivity index (χ3n) is 2.64. The number of hydrogen-bond acceptors (Lipinski definition) is 4. The second-order valence-electron chi connectivity index (χ2n) is 5.48. The number of para-hydroxylation sites is 1. The Morgan fingerprint density at radius 2 is 2.00 bits per heavy atom. The lowest BCUT2D eigenvalue weighted by Gasteiger charge is -2.22. The molecule has 108 valence electrons. The highest BCUT2D eigenvalue weighted by atomic mass is 16.5. The molecular weight excluding hydrogens is 242 g/mol. The Morgan fingerprint density at radius 3 is 2.58 bits per heavy atom. The lowest BCUT2D eigenvalue weighted by molar-refractivity contribution is 0.226. The van der Waals surface area contributed by atoms with Gasteiger partial charge in [-0.3, -0.25) is 0 Å². The van der Waals surface area contributed by atoms with Crippen LogP contribution in [0.4, 0.5) is 0 Å². The van der Waals surface area contributed by atoms with E-state index in [9.17, 15) is 0 Å². The molecule has 1 aromatic rings. The summed E-state index contributed by atoms with van der Waals surface area (Å²) in [6, 6.07) is 5.86. The molecule has 0 aliphatic rings. The Hall–Kier alpha value is -1.26. The first-order valence-corrected chi connectivity index (χ1v) is 6.62. The molecule has 4 nitrogen and oxygen atoms in total. The van der Waals surface area contributed by atoms with Crippen LogP contribution < -0.4 is 14.8 Å². The normalized spacial score (nSPS) is 11.4. The summed E-state index contributed by atoms with van der Waals surface area (Å²) in [7, 11) is 1.63. The van der Waals surface area contributed by atoms with E-state index < -0.39 is 0 Å². The van der Waals surface area contributed by atoms with Crippen molar-refractivity contribution in [1.29, 1.82) is 0 Å². The molecule has 1 rings (SSSR count). The van der Waals surface area contributed by atoms with Gasteiger partial charge < -0.3 is 19.9 Å². The molecule has 0 amide bonds. The number of aliphatic hydroxyl groups excluding tert-OH is 1. The van der Waals surface area contributed by atoms with Crippen LogP contribution in [0.3, 0.4) is 0 Å². The van der Waals surface area contributed by atoms with Gasteiger partial charge in [-0.25, -0.2) is 0 Å². The summed E-state index contributed by atoms with van der Waals surface area (Å²) in [5.41, 5.74) is 1.11. The third-order valence-corrected chi connectivity index (χ3v) is 2.64. The number of nitrogens with one attached hydrogen (secondary N) is 1. The molecule has 0 saturated carbocycles. The molecule has 0 fully saturated rings. The summed E-state index contributed by atoms with van der Waals surface area (Å²) in [5.74, 6) is 1.49. The average Bonchev–Trinajstić information content (AvgIpc) is 2.36. The largest absolute Gasteiger partial charge is 0.493 e. The first-order valence-electron chi connectivity index (χ1n) is 6.62. The summed E-state index contributed by atoms with van der Waals surface area (Å²) in [4.78, 5) is 0. The maximum Gasteiger partial charge on any atom is 0.165 e. The molecule has 1 aromatic carbocycles. The summed E-state index contributed by atoms with van der Waals surface area (Å²) in [6.07, 6.45) is 0.615. The van der Waals surface area contributed by atoms with E-state index in [1.54, 1.807) is 7.11 Å². The zero-order valence-electron chi connectivity index (χ0n) is 12.3. The van der Waals surface area contributed by atoms with Crippen LogP contribution in [0.25, 0.3) is 0 Å². The van der Waals surface area contributed by atoms with E-state index >= 15 is 0 Å². The van der Waals surface area contributed by atoms with E-state index in [2.05, 4.69) is 26.1 Å². The fourth-order valence-corrected chi connectivity index (χ4v) is 1.62. The van der Waals surface area contributed by atoms with Gasteiger partial charge in [0, 0.05) is 30.7 Å². The van der Waals surface area contributed by atoms with Gasteiger partial charge in [0.25, 0.3) is 0 Å². The minimum atomic E-state index is 0.0471. The molecule has 0 bridgehead atoms. The van der Waals surface area contributed by atoms with Crippen molar-refractivity contribution in [2.75, 3.05) is 20.3 Å². The zero-order valence-corrected chi connectivity index (χ0v) is 12.3. The van der Waals surface area contributed by atoms with Gasteiger partial charge in [-0.05, 0) is 26.8 Å². The number of methoxy groups -OCH3 is 1. The van der Waals surface area contributed by atoms with Crippen LogP contribution >= 0.6 is 0 Å². The van der Waals surface area contributed by atoms with Gasteiger partial charge in [0.2, 0.25) is 0 Å². The van der Waals surface area contributed by atoms with E-state index in [0.717, 1.165) is 23.6 Å². The predicted molar refractivity (Wildman–Crippen MR) is 76.8 cm³/mol. The smallest absolute Gasteiger partial charge is 0.165 e. The summed E-state index contributed by atoms with van der Waals surface area (Å²) in [6.45, 7) is 7.71. The average molecular weight is 267 g/mol. The molecule has 0 aliphatic heterocycles. The Morgan fingerprint density at radius 1 is 1.26 bits per heavy atom. The van der Waals surface area contributed by atoms with Crippen LogP contribution in [-0.2, 0) is 6.54 Å². The Kier molecular flexibility index (Phi) is 6.12. The van der Waals surface area contributed by atoms with Gasteiger partial charge >= 0.3 is 0 Å². The second kappa shape index (κ2) is 7.36. The SMILES string of the molecule is COc1cccc(CNC(C)(C)C)c1OCCCO. The maximum atomic E-state index is 8.83. The lowest BCUT2D eigenvalue weighted by Crippen LogP contribution is -2.35. The molecule has 2 N–H and O–H groups in total. The number of aliphatic hydroxyl groups is 1. The highest BCUT2D eigenvalue weighted by Gasteiger charge is 2.14. The number of benzene rings is 1. The molecule has 0 aromatic heterocycles. The van der Waals surface area contributed by atoms with E-state index in [0.29, 0.717) is 13.0 Å². The fraction of sp³-hybridized carbons (Fsp3) is 0.600. The molecule has 0 atom stereocenters. The molecule has 0 heterocycles. The van der Waals surface area contributed by atoms with Crippen molar-refractivity contribution in [3.05, 3.63) is 23.8 Å². The quantitative estimate of drug-likeness (QED) is 0.745. The topological polar surface area (TPSA) is 50.7 Å². The van der Waals surface area contributed by atoms with Crippen molar-refractivity contribution < 1.29 is 14.6 Å². The van der Waals surface area contributed by atoms with Crippen LogP contribution in [0, 0.1) is 0 Å². The summed E-state index contributed by atoms with van der Waals surface area (Å²) < 4.78 is 11.1. The van der Waals surface area contributed by atoms with Crippen LogP contribution in [0.5, 0.6) is 11.5 Å². The van der Waals surface area contributed by atoms with Crippen LogP contribution in [-0.4, -0.2) is 31.0 Å². The van der Waals surface area contributed by atoms with Crippen molar-refractivity contribution >= 4 is 0 Å². The van der Waals surface area contributed by atoms with Crippen LogP contribution in [0.2, 0.25) is 0 Å². The van der Waals surface area contributed by atoms with Crippen molar-refractivity contribution in [3.8, 4) is 11.5 Å². The fourth-order valence-electron chi connectivity index (χ4n) is 1.62. The minimum absolute atomic E-state index is 0.0471. The van der Waals surface area contributed by atoms with Crippen molar-refractivity contribution in [2.45, 2.75) is 39.3 Å². The standard InChI is InChI=1S/C15H25NO3/c1-15(2,3)16-11-12-7-5-8-13(18-4)14(12)19-10-6-9-17/h5,7-8,16-17H,6,9-11H2,1-4H3. The monoisotopic (exact) mass is 267 g/mol. The molecular formula is C15H25NO3. The van der Waals surface area contributed by atoms with Crippen LogP contribution in [0.1, 0.15) is 32.8 Å².